The van der Waals surface area contributed by atoms with Crippen LogP contribution >= 0.6 is 0 Å². The van der Waals surface area contributed by atoms with Crippen molar-refractivity contribution < 1.29 is 4.90 Å². The van der Waals surface area contributed by atoms with Gasteiger partial charge in [-0.05, 0) is 37.3 Å². The van der Waals surface area contributed by atoms with E-state index in [4.69, 9.17) is 4.98 Å². The maximum absolute atomic E-state index is 4.71. The molecule has 21 heavy (non-hydrogen) atoms. The average Bonchev–Trinajstić information content (AvgIpc) is 2.88. The number of imidazole rings is 1. The second-order valence-corrected chi connectivity index (χ2v) is 6.90. The molecule has 2 heterocycles. The number of nitrogens with zero attached hydrogens (tertiary/aromatic N) is 2. The molecule has 1 fully saturated rings. The van der Waals surface area contributed by atoms with Crippen molar-refractivity contribution in [3.05, 3.63) is 24.3 Å². The first kappa shape index (κ1) is 13.1. The highest BCUT2D eigenvalue weighted by Gasteiger charge is 2.36. The van der Waals surface area contributed by atoms with Crippen LogP contribution in [0.5, 0.6) is 0 Å². The number of benzene rings is 1. The van der Waals surface area contributed by atoms with Gasteiger partial charge in [0, 0.05) is 5.92 Å². The number of hydrogen-bond acceptors (Lipinski definition) is 2. The molecule has 1 aliphatic heterocycles. The van der Waals surface area contributed by atoms with Crippen molar-refractivity contribution in [2.75, 3.05) is 12.0 Å². The van der Waals surface area contributed by atoms with Gasteiger partial charge in [0.1, 0.15) is 0 Å². The molecule has 2 N–H and O–H groups in total. The maximum atomic E-state index is 4.71. The molecule has 1 aromatic heterocycles. The summed E-state index contributed by atoms with van der Waals surface area (Å²) in [5.41, 5.74) is 2.36. The van der Waals surface area contributed by atoms with E-state index in [-0.39, 0.29) is 0 Å². The van der Waals surface area contributed by atoms with Gasteiger partial charge in [0.15, 0.2) is 13.3 Å². The number of aromatic nitrogens is 2. The Morgan fingerprint density at radius 3 is 3.00 bits per heavy atom. The minimum absolute atomic E-state index is 0.774. The summed E-state index contributed by atoms with van der Waals surface area (Å²) in [6.45, 7) is 6.92. The van der Waals surface area contributed by atoms with Gasteiger partial charge in [0.2, 0.25) is 5.95 Å². The Balaban J connectivity index is 1.64. The van der Waals surface area contributed by atoms with Crippen LogP contribution in [0.3, 0.4) is 0 Å². The highest BCUT2D eigenvalue weighted by molar-refractivity contribution is 5.78. The van der Waals surface area contributed by atoms with Crippen LogP contribution in [0.4, 0.5) is 5.95 Å². The molecule has 0 amide bonds. The molecule has 0 bridgehead atoms. The third-order valence-corrected chi connectivity index (χ3v) is 5.72. The van der Waals surface area contributed by atoms with Gasteiger partial charge in [-0.25, -0.2) is 4.98 Å². The van der Waals surface area contributed by atoms with E-state index in [1.165, 1.54) is 24.8 Å². The monoisotopic (exact) mass is 285 g/mol. The number of quaternary nitrogens is 1. The molecule has 0 spiro atoms. The minimum Gasteiger partial charge on any atom is -0.309 e. The van der Waals surface area contributed by atoms with Crippen LogP contribution < -0.4 is 10.2 Å². The molecule has 2 aromatic rings. The quantitative estimate of drug-likeness (QED) is 0.841. The molecule has 0 radical (unpaired) electrons. The zero-order chi connectivity index (χ0) is 14.4. The Hall–Kier alpha value is -1.55. The van der Waals surface area contributed by atoms with Gasteiger partial charge in [-0.2, -0.15) is 0 Å². The predicted molar refractivity (Wildman–Crippen MR) is 85.2 cm³/mol. The number of para-hydroxylation sites is 2. The first-order chi connectivity index (χ1) is 10.2. The lowest BCUT2D eigenvalue weighted by atomic mass is 9.77. The van der Waals surface area contributed by atoms with Crippen molar-refractivity contribution >= 4 is 17.0 Å². The fraction of sp³-hybridized carbons (Fsp3) is 0.588. The van der Waals surface area contributed by atoms with Crippen molar-refractivity contribution in [2.45, 2.75) is 45.8 Å². The van der Waals surface area contributed by atoms with E-state index in [1.54, 1.807) is 4.90 Å². The zero-order valence-electron chi connectivity index (χ0n) is 13.0. The van der Waals surface area contributed by atoms with Gasteiger partial charge >= 0.3 is 0 Å². The molecule has 4 nitrogen and oxygen atoms in total. The van der Waals surface area contributed by atoms with E-state index < -0.39 is 0 Å². The zero-order valence-corrected chi connectivity index (χ0v) is 13.0. The average molecular weight is 285 g/mol. The van der Waals surface area contributed by atoms with E-state index >= 15 is 0 Å². The van der Waals surface area contributed by atoms with Crippen LogP contribution in [-0.4, -0.2) is 22.3 Å². The van der Waals surface area contributed by atoms with Crippen molar-refractivity contribution in [2.24, 2.45) is 11.8 Å². The van der Waals surface area contributed by atoms with Crippen LogP contribution in [-0.2, 0) is 6.67 Å². The van der Waals surface area contributed by atoms with Gasteiger partial charge < -0.3 is 5.32 Å². The first-order valence-corrected chi connectivity index (χ1v) is 8.28. The third-order valence-electron chi connectivity index (χ3n) is 5.72. The van der Waals surface area contributed by atoms with Crippen molar-refractivity contribution in [3.8, 4) is 0 Å². The molecule has 1 aromatic carbocycles. The predicted octanol–water partition coefficient (Wildman–Crippen LogP) is 2.09. The molecule has 2 aliphatic rings. The Morgan fingerprint density at radius 2 is 2.10 bits per heavy atom. The largest absolute Gasteiger partial charge is 0.309 e. The number of nitrogens with one attached hydrogen (secondary N) is 2. The van der Waals surface area contributed by atoms with Gasteiger partial charge in [-0.1, -0.05) is 26.0 Å². The third kappa shape index (κ3) is 2.13. The molecule has 1 saturated carbocycles. The molecular weight excluding hydrogens is 260 g/mol. The number of anilines is 1. The van der Waals surface area contributed by atoms with Crippen LogP contribution in [0, 0.1) is 11.8 Å². The molecular formula is C17H25N4+. The highest BCUT2D eigenvalue weighted by Crippen LogP contribution is 2.28. The molecule has 1 unspecified atom stereocenters. The standard InChI is InChI=1S/C17H24N4/c1-12-6-5-9-15(13(12)2)20-10-18-17-19-14-7-3-4-8-16(14)21(17)11-20/h3-4,7-8,12-13,15H,5-6,9-11H2,1-2H3,(H,18,19)/p+1/t12-,13+,15-/m0/s1. The van der Waals surface area contributed by atoms with E-state index in [1.807, 2.05) is 0 Å². The van der Waals surface area contributed by atoms with Gasteiger partial charge in [-0.15, -0.1) is 0 Å². The Labute approximate surface area is 126 Å². The second-order valence-electron chi connectivity index (χ2n) is 6.90. The van der Waals surface area contributed by atoms with E-state index in [9.17, 15) is 0 Å². The second kappa shape index (κ2) is 5.02. The summed E-state index contributed by atoms with van der Waals surface area (Å²) in [6.07, 6.45) is 4.15. The molecule has 4 atom stereocenters. The van der Waals surface area contributed by atoms with E-state index in [0.717, 1.165) is 42.7 Å². The Bertz CT molecular complexity index is 647. The molecule has 1 aliphatic carbocycles. The highest BCUT2D eigenvalue weighted by atomic mass is 15.4. The number of rotatable bonds is 1. The lowest BCUT2D eigenvalue weighted by Gasteiger charge is -2.40. The maximum Gasteiger partial charge on any atom is 0.212 e. The van der Waals surface area contributed by atoms with Crippen LogP contribution in [0.2, 0.25) is 0 Å². The molecule has 0 saturated heterocycles. The Kier molecular flexibility index (Phi) is 3.14. The number of hydrogen-bond donors (Lipinski definition) is 2. The summed E-state index contributed by atoms with van der Waals surface area (Å²) >= 11 is 0. The summed E-state index contributed by atoms with van der Waals surface area (Å²) in [7, 11) is 0. The normalized spacial score (nSPS) is 32.7. The fourth-order valence-electron chi connectivity index (χ4n) is 4.23. The van der Waals surface area contributed by atoms with Crippen LogP contribution in [0.25, 0.3) is 11.0 Å². The van der Waals surface area contributed by atoms with Crippen LogP contribution in [0.15, 0.2) is 24.3 Å². The smallest absolute Gasteiger partial charge is 0.212 e. The number of fused-ring (bicyclic) bond motifs is 3. The fourth-order valence-corrected chi connectivity index (χ4v) is 4.23. The van der Waals surface area contributed by atoms with Crippen molar-refractivity contribution in [1.29, 1.82) is 0 Å². The van der Waals surface area contributed by atoms with Gasteiger partial charge in [0.05, 0.1) is 17.1 Å². The molecule has 4 rings (SSSR count). The molecule has 112 valence electrons. The van der Waals surface area contributed by atoms with Gasteiger partial charge in [0.25, 0.3) is 0 Å². The van der Waals surface area contributed by atoms with Gasteiger partial charge in [-0.3, -0.25) is 9.47 Å². The summed E-state index contributed by atoms with van der Waals surface area (Å²) in [5.74, 6) is 2.71. The summed E-state index contributed by atoms with van der Waals surface area (Å²) in [6, 6.07) is 9.24. The molecule has 4 heteroatoms. The SMILES string of the molecule is C[C@@H]1[C@@H](C)CCC[C@@H]1[NH+]1CNc2nc3ccccc3n2C1. The van der Waals surface area contributed by atoms with E-state index in [2.05, 4.69) is 48.0 Å². The summed E-state index contributed by atoms with van der Waals surface area (Å²) in [4.78, 5) is 6.38. The lowest BCUT2D eigenvalue weighted by molar-refractivity contribution is -0.951. The van der Waals surface area contributed by atoms with Crippen molar-refractivity contribution in [1.82, 2.24) is 9.55 Å². The Morgan fingerprint density at radius 1 is 1.24 bits per heavy atom. The minimum atomic E-state index is 0.774. The summed E-state index contributed by atoms with van der Waals surface area (Å²) < 4.78 is 2.36. The first-order valence-electron chi connectivity index (χ1n) is 8.28. The van der Waals surface area contributed by atoms with Crippen molar-refractivity contribution in [3.63, 3.8) is 0 Å². The lowest BCUT2D eigenvalue weighted by Crippen LogP contribution is -3.17. The van der Waals surface area contributed by atoms with E-state index in [0.29, 0.717) is 0 Å². The van der Waals surface area contributed by atoms with Crippen LogP contribution in [0.1, 0.15) is 33.1 Å². The topological polar surface area (TPSA) is 34.3 Å². The summed E-state index contributed by atoms with van der Waals surface area (Å²) in [5, 5.41) is 3.55.